The Morgan fingerprint density at radius 3 is 2.50 bits per heavy atom. The van der Waals surface area contributed by atoms with E-state index in [2.05, 4.69) is 18.9 Å². The zero-order valence-electron chi connectivity index (χ0n) is 6.62. The third-order valence-corrected chi connectivity index (χ3v) is 1.84. The van der Waals surface area contributed by atoms with Crippen LogP contribution in [0, 0.1) is 0 Å². The Labute approximate surface area is 62.3 Å². The van der Waals surface area contributed by atoms with Gasteiger partial charge in [0.05, 0.1) is 0 Å². The summed E-state index contributed by atoms with van der Waals surface area (Å²) in [4.78, 5) is 0. The van der Waals surface area contributed by atoms with Crippen LogP contribution in [-0.2, 0) is 0 Å². The van der Waals surface area contributed by atoms with Crippen LogP contribution in [0.2, 0.25) is 12.6 Å². The van der Waals surface area contributed by atoms with Crippen LogP contribution in [0.25, 0.3) is 0 Å². The lowest BCUT2D eigenvalue weighted by molar-refractivity contribution is 0.930. The molecule has 0 aromatic carbocycles. The van der Waals surface area contributed by atoms with Crippen molar-refractivity contribution in [1.29, 1.82) is 0 Å². The molecule has 1 aromatic rings. The Morgan fingerprint density at radius 1 is 1.40 bits per heavy atom. The first-order chi connectivity index (χ1) is 4.88. The van der Waals surface area contributed by atoms with E-state index in [4.69, 9.17) is 0 Å². The summed E-state index contributed by atoms with van der Waals surface area (Å²) < 4.78 is 2.03. The lowest BCUT2D eigenvalue weighted by Gasteiger charge is -2.06. The maximum Gasteiger partial charge on any atom is 0.283 e. The summed E-state index contributed by atoms with van der Waals surface area (Å²) in [5, 5.41) is 4.17. The van der Waals surface area contributed by atoms with E-state index < -0.39 is 0 Å². The van der Waals surface area contributed by atoms with Gasteiger partial charge in [0.15, 0.2) is 0 Å². The van der Waals surface area contributed by atoms with E-state index in [-0.39, 0.29) is 0 Å². The molecule has 1 aromatic heterocycles. The Kier molecular flexibility index (Phi) is 2.54. The van der Waals surface area contributed by atoms with Gasteiger partial charge in [0, 0.05) is 12.4 Å². The molecule has 54 valence electrons. The Balaban J connectivity index is 2.64. The fourth-order valence-electron chi connectivity index (χ4n) is 1.16. The second kappa shape index (κ2) is 3.45. The molecule has 2 nitrogen and oxygen atoms in total. The quantitative estimate of drug-likeness (QED) is 0.579. The molecule has 0 N–H and O–H groups in total. The predicted octanol–water partition coefficient (Wildman–Crippen LogP) is 1.76. The van der Waals surface area contributed by atoms with E-state index in [0.29, 0.717) is 6.85 Å². The molecule has 0 bridgehead atoms. The molecule has 0 aliphatic heterocycles. The average Bonchev–Trinajstić information content (AvgIpc) is 2.43. The number of rotatable bonds is 3. The molecule has 0 saturated carbocycles. The first-order valence-electron chi connectivity index (χ1n) is 3.87. The van der Waals surface area contributed by atoms with E-state index in [9.17, 15) is 0 Å². The number of aromatic nitrogens is 2. The molecule has 0 radical (unpaired) electrons. The maximum absolute atomic E-state index is 4.17. The van der Waals surface area contributed by atoms with E-state index in [1.54, 1.807) is 0 Å². The molecule has 0 saturated heterocycles. The Bertz CT molecular complexity index is 168. The van der Waals surface area contributed by atoms with Crippen LogP contribution in [-0.4, -0.2) is 16.5 Å². The van der Waals surface area contributed by atoms with Gasteiger partial charge in [-0.05, 0) is 6.07 Å². The highest BCUT2D eigenvalue weighted by Crippen LogP contribution is 1.99. The standard InChI is InChI=1S/C7H13BN2/c1-3-8(4-2)10-7-5-6-9-10/h5-7H,3-4H2,1-2H3. The van der Waals surface area contributed by atoms with Gasteiger partial charge in [-0.15, -0.1) is 0 Å². The van der Waals surface area contributed by atoms with Gasteiger partial charge in [-0.3, -0.25) is 0 Å². The zero-order chi connectivity index (χ0) is 7.40. The highest BCUT2D eigenvalue weighted by atomic mass is 15.2. The molecule has 0 unspecified atom stereocenters. The summed E-state index contributed by atoms with van der Waals surface area (Å²) in [6.45, 7) is 4.97. The maximum atomic E-state index is 4.17. The summed E-state index contributed by atoms with van der Waals surface area (Å²) in [5.74, 6) is 0. The van der Waals surface area contributed by atoms with E-state index in [1.165, 1.54) is 0 Å². The zero-order valence-corrected chi connectivity index (χ0v) is 6.62. The van der Waals surface area contributed by atoms with Crippen LogP contribution in [0.1, 0.15) is 13.8 Å². The van der Waals surface area contributed by atoms with Crippen molar-refractivity contribution in [1.82, 2.24) is 9.69 Å². The number of nitrogens with zero attached hydrogens (tertiary/aromatic N) is 2. The fraction of sp³-hybridized carbons (Fsp3) is 0.571. The third-order valence-electron chi connectivity index (χ3n) is 1.84. The Hall–Kier alpha value is -0.725. The van der Waals surface area contributed by atoms with E-state index >= 15 is 0 Å². The van der Waals surface area contributed by atoms with Gasteiger partial charge in [-0.2, -0.15) is 5.10 Å². The molecule has 10 heavy (non-hydrogen) atoms. The molecule has 3 heteroatoms. The molecule has 0 amide bonds. The first-order valence-corrected chi connectivity index (χ1v) is 3.87. The Morgan fingerprint density at radius 2 is 2.10 bits per heavy atom. The van der Waals surface area contributed by atoms with Crippen molar-refractivity contribution < 1.29 is 0 Å². The van der Waals surface area contributed by atoms with Gasteiger partial charge in [-0.1, -0.05) is 26.5 Å². The van der Waals surface area contributed by atoms with Crippen molar-refractivity contribution in [3.63, 3.8) is 0 Å². The number of hydrogen-bond donors (Lipinski definition) is 0. The van der Waals surface area contributed by atoms with Crippen LogP contribution in [0.3, 0.4) is 0 Å². The summed E-state index contributed by atoms with van der Waals surface area (Å²) in [5.41, 5.74) is 0. The second-order valence-corrected chi connectivity index (χ2v) is 2.46. The molecule has 0 fully saturated rings. The average molecular weight is 136 g/mol. The summed E-state index contributed by atoms with van der Waals surface area (Å²) >= 11 is 0. The minimum Gasteiger partial charge on any atom is -0.318 e. The van der Waals surface area contributed by atoms with Crippen molar-refractivity contribution >= 4 is 6.85 Å². The predicted molar refractivity (Wildman–Crippen MR) is 44.3 cm³/mol. The van der Waals surface area contributed by atoms with Crippen molar-refractivity contribution in [3.05, 3.63) is 18.5 Å². The van der Waals surface area contributed by atoms with Crippen molar-refractivity contribution in [2.75, 3.05) is 0 Å². The molecule has 1 rings (SSSR count). The minimum atomic E-state index is 0.593. The molecule has 0 aliphatic carbocycles. The van der Waals surface area contributed by atoms with Gasteiger partial charge in [0.1, 0.15) is 0 Å². The van der Waals surface area contributed by atoms with Crippen molar-refractivity contribution in [3.8, 4) is 0 Å². The van der Waals surface area contributed by atoms with Crippen LogP contribution < -0.4 is 0 Å². The minimum absolute atomic E-state index is 0.593. The first kappa shape index (κ1) is 7.38. The molecule has 0 aliphatic rings. The summed E-state index contributed by atoms with van der Waals surface area (Å²) in [7, 11) is 0. The van der Waals surface area contributed by atoms with Crippen LogP contribution in [0.15, 0.2) is 18.5 Å². The van der Waals surface area contributed by atoms with Gasteiger partial charge >= 0.3 is 0 Å². The van der Waals surface area contributed by atoms with Crippen molar-refractivity contribution in [2.24, 2.45) is 0 Å². The molecule has 1 heterocycles. The summed E-state index contributed by atoms with van der Waals surface area (Å²) in [6.07, 6.45) is 6.19. The normalized spacial score (nSPS) is 9.80. The smallest absolute Gasteiger partial charge is 0.283 e. The van der Waals surface area contributed by atoms with Crippen molar-refractivity contribution in [2.45, 2.75) is 26.5 Å². The molecular weight excluding hydrogens is 123 g/mol. The lowest BCUT2D eigenvalue weighted by atomic mass is 9.57. The topological polar surface area (TPSA) is 17.8 Å². The van der Waals surface area contributed by atoms with Crippen LogP contribution in [0.4, 0.5) is 0 Å². The highest BCUT2D eigenvalue weighted by Gasteiger charge is 2.10. The SMILES string of the molecule is CCB(CC)n1cccn1. The van der Waals surface area contributed by atoms with E-state index in [1.807, 2.05) is 23.1 Å². The molecule has 0 spiro atoms. The molecular formula is C7H13BN2. The highest BCUT2D eigenvalue weighted by molar-refractivity contribution is 6.56. The van der Waals surface area contributed by atoms with Gasteiger partial charge < -0.3 is 4.59 Å². The summed E-state index contributed by atoms with van der Waals surface area (Å²) in [6, 6.07) is 1.97. The monoisotopic (exact) mass is 136 g/mol. The molecule has 0 atom stereocenters. The van der Waals surface area contributed by atoms with Crippen LogP contribution in [0.5, 0.6) is 0 Å². The third kappa shape index (κ3) is 1.41. The van der Waals surface area contributed by atoms with Gasteiger partial charge in [0.2, 0.25) is 0 Å². The largest absolute Gasteiger partial charge is 0.318 e. The van der Waals surface area contributed by atoms with E-state index in [0.717, 1.165) is 12.6 Å². The van der Waals surface area contributed by atoms with Gasteiger partial charge in [0.25, 0.3) is 6.85 Å². The lowest BCUT2D eigenvalue weighted by Crippen LogP contribution is -2.22. The van der Waals surface area contributed by atoms with Crippen LogP contribution >= 0.6 is 0 Å². The number of hydrogen-bond acceptors (Lipinski definition) is 1. The fourth-order valence-corrected chi connectivity index (χ4v) is 1.16. The second-order valence-electron chi connectivity index (χ2n) is 2.46. The van der Waals surface area contributed by atoms with Gasteiger partial charge in [-0.25, -0.2) is 0 Å².